The number of aliphatic carboxylic acids is 3. The Morgan fingerprint density at radius 2 is 1.22 bits per heavy atom. The van der Waals surface area contributed by atoms with Gasteiger partial charge in [0, 0.05) is 13.3 Å². The summed E-state index contributed by atoms with van der Waals surface area (Å²) in [7, 11) is 0. The lowest BCUT2D eigenvalue weighted by molar-refractivity contribution is -0.147. The highest BCUT2D eigenvalue weighted by atomic mass is 16.4. The minimum atomic E-state index is -1.74. The monoisotopic (exact) mass is 516 g/mol. The van der Waals surface area contributed by atoms with Gasteiger partial charge in [-0.3, -0.25) is 28.8 Å². The molecule has 14 nitrogen and oxygen atoms in total. The molecule has 5 unspecified atom stereocenters. The van der Waals surface area contributed by atoms with Crippen LogP contribution in [0.25, 0.3) is 0 Å². The Morgan fingerprint density at radius 3 is 1.64 bits per heavy atom. The van der Waals surface area contributed by atoms with E-state index in [9.17, 15) is 38.7 Å². The SMILES string of the molecule is CCC(C)C(NC(=O)C(CCC(=O)O)NC(=O)C(NC(C)=O)C(C)C)C(=O)NC(CC(=O)O)C(=O)O. The summed E-state index contributed by atoms with van der Waals surface area (Å²) in [5.41, 5.74) is 0. The van der Waals surface area contributed by atoms with E-state index in [0.717, 1.165) is 0 Å². The molecule has 0 aliphatic rings. The Bertz CT molecular complexity index is 845. The van der Waals surface area contributed by atoms with Crippen molar-refractivity contribution < 1.29 is 48.9 Å². The minimum absolute atomic E-state index is 0.330. The number of carbonyl (C=O) groups excluding carboxylic acids is 4. The Labute approximate surface area is 208 Å². The average Bonchev–Trinajstić information content (AvgIpc) is 2.76. The Hall–Kier alpha value is -3.71. The summed E-state index contributed by atoms with van der Waals surface area (Å²) in [6.07, 6.45) is -1.35. The first kappa shape index (κ1) is 32.3. The van der Waals surface area contributed by atoms with Gasteiger partial charge in [0.1, 0.15) is 24.2 Å². The second-order valence-corrected chi connectivity index (χ2v) is 8.78. The molecule has 0 saturated carbocycles. The van der Waals surface area contributed by atoms with Gasteiger partial charge in [0.15, 0.2) is 0 Å². The quantitative estimate of drug-likeness (QED) is 0.133. The molecule has 0 aromatic heterocycles. The summed E-state index contributed by atoms with van der Waals surface area (Å²) in [5, 5.41) is 36.5. The molecule has 204 valence electrons. The largest absolute Gasteiger partial charge is 0.481 e. The number of carbonyl (C=O) groups is 7. The number of nitrogens with one attached hydrogen (secondary N) is 4. The molecule has 0 aliphatic carbocycles. The first-order chi connectivity index (χ1) is 16.6. The molecule has 14 heteroatoms. The van der Waals surface area contributed by atoms with E-state index in [1.54, 1.807) is 27.7 Å². The van der Waals surface area contributed by atoms with Gasteiger partial charge >= 0.3 is 17.9 Å². The number of amides is 4. The van der Waals surface area contributed by atoms with Crippen molar-refractivity contribution in [1.82, 2.24) is 21.3 Å². The van der Waals surface area contributed by atoms with Crippen LogP contribution in [0.4, 0.5) is 0 Å². The average molecular weight is 517 g/mol. The molecule has 5 atom stereocenters. The standard InChI is InChI=1S/C22H36N4O10/c1-6-11(4)18(21(34)25-14(22(35)36)9-16(30)31)26-19(32)13(7-8-15(28)29)24-20(33)17(10(2)3)23-12(5)27/h10-11,13-14,17-18H,6-9H2,1-5H3,(H,23,27)(H,24,33)(H,25,34)(H,26,32)(H,28,29)(H,30,31)(H,35,36). The van der Waals surface area contributed by atoms with Gasteiger partial charge in [-0.25, -0.2) is 4.79 Å². The third-order valence-corrected chi connectivity index (χ3v) is 5.37. The van der Waals surface area contributed by atoms with E-state index < -0.39 is 84.5 Å². The second kappa shape index (κ2) is 15.3. The van der Waals surface area contributed by atoms with Crippen LogP contribution >= 0.6 is 0 Å². The van der Waals surface area contributed by atoms with Gasteiger partial charge in [0.25, 0.3) is 0 Å². The summed E-state index contributed by atoms with van der Waals surface area (Å²) < 4.78 is 0. The van der Waals surface area contributed by atoms with Crippen molar-refractivity contribution in [2.75, 3.05) is 0 Å². The van der Waals surface area contributed by atoms with Crippen molar-refractivity contribution in [2.24, 2.45) is 11.8 Å². The van der Waals surface area contributed by atoms with E-state index in [-0.39, 0.29) is 12.3 Å². The predicted molar refractivity (Wildman–Crippen MR) is 124 cm³/mol. The fraction of sp³-hybridized carbons (Fsp3) is 0.682. The van der Waals surface area contributed by atoms with E-state index in [4.69, 9.17) is 10.2 Å². The number of rotatable bonds is 16. The lowest BCUT2D eigenvalue weighted by Gasteiger charge is -2.28. The van der Waals surface area contributed by atoms with Gasteiger partial charge in [0.2, 0.25) is 23.6 Å². The van der Waals surface area contributed by atoms with Gasteiger partial charge in [-0.2, -0.15) is 0 Å². The Kier molecular flexibility index (Phi) is 13.7. The first-order valence-corrected chi connectivity index (χ1v) is 11.4. The van der Waals surface area contributed by atoms with Gasteiger partial charge in [0.05, 0.1) is 6.42 Å². The zero-order valence-electron chi connectivity index (χ0n) is 21.0. The summed E-state index contributed by atoms with van der Waals surface area (Å²) >= 11 is 0. The van der Waals surface area contributed by atoms with Crippen molar-refractivity contribution in [2.45, 2.75) is 84.5 Å². The van der Waals surface area contributed by atoms with Gasteiger partial charge < -0.3 is 36.6 Å². The highest BCUT2D eigenvalue weighted by Crippen LogP contribution is 2.11. The summed E-state index contributed by atoms with van der Waals surface area (Å²) in [6.45, 7) is 7.82. The topological polar surface area (TPSA) is 228 Å². The summed E-state index contributed by atoms with van der Waals surface area (Å²) in [4.78, 5) is 83.4. The number of carboxylic acid groups (broad SMARTS) is 3. The molecule has 0 heterocycles. The third kappa shape index (κ3) is 11.6. The Balaban J connectivity index is 5.83. The molecule has 0 fully saturated rings. The number of hydrogen-bond donors (Lipinski definition) is 7. The lowest BCUT2D eigenvalue weighted by atomic mass is 9.96. The summed E-state index contributed by atoms with van der Waals surface area (Å²) in [5.74, 6) is -8.25. The van der Waals surface area contributed by atoms with Crippen molar-refractivity contribution >= 4 is 41.5 Å². The van der Waals surface area contributed by atoms with Gasteiger partial charge in [-0.15, -0.1) is 0 Å². The van der Waals surface area contributed by atoms with Crippen molar-refractivity contribution in [3.05, 3.63) is 0 Å². The third-order valence-electron chi connectivity index (χ3n) is 5.37. The molecule has 7 N–H and O–H groups in total. The van der Waals surface area contributed by atoms with E-state index in [2.05, 4.69) is 21.3 Å². The van der Waals surface area contributed by atoms with E-state index in [1.807, 2.05) is 0 Å². The molecule has 0 aromatic rings. The maximum absolute atomic E-state index is 13.0. The molecule has 0 aromatic carbocycles. The fourth-order valence-electron chi connectivity index (χ4n) is 3.14. The maximum Gasteiger partial charge on any atom is 0.326 e. The van der Waals surface area contributed by atoms with Crippen molar-refractivity contribution in [3.63, 3.8) is 0 Å². The highest BCUT2D eigenvalue weighted by molar-refractivity contribution is 5.95. The zero-order valence-corrected chi connectivity index (χ0v) is 21.0. The molecular formula is C22H36N4O10. The van der Waals surface area contributed by atoms with Crippen LogP contribution in [0.15, 0.2) is 0 Å². The van der Waals surface area contributed by atoms with Crippen LogP contribution in [-0.4, -0.2) is 81.0 Å². The van der Waals surface area contributed by atoms with Crippen LogP contribution in [0.5, 0.6) is 0 Å². The van der Waals surface area contributed by atoms with Crippen molar-refractivity contribution in [3.8, 4) is 0 Å². The Morgan fingerprint density at radius 1 is 0.694 bits per heavy atom. The number of carboxylic acids is 3. The fourth-order valence-corrected chi connectivity index (χ4v) is 3.14. The van der Waals surface area contributed by atoms with E-state index in [1.165, 1.54) is 6.92 Å². The van der Waals surface area contributed by atoms with Crippen LogP contribution in [0.2, 0.25) is 0 Å². The van der Waals surface area contributed by atoms with Crippen LogP contribution in [0.1, 0.15) is 60.3 Å². The van der Waals surface area contributed by atoms with Crippen LogP contribution < -0.4 is 21.3 Å². The van der Waals surface area contributed by atoms with E-state index in [0.29, 0.717) is 6.42 Å². The molecule has 0 rings (SSSR count). The molecule has 0 saturated heterocycles. The number of hydrogen-bond acceptors (Lipinski definition) is 7. The van der Waals surface area contributed by atoms with Crippen LogP contribution in [0.3, 0.4) is 0 Å². The second-order valence-electron chi connectivity index (χ2n) is 8.78. The smallest absolute Gasteiger partial charge is 0.326 e. The van der Waals surface area contributed by atoms with Gasteiger partial charge in [-0.05, 0) is 18.3 Å². The normalized spacial score (nSPS) is 14.9. The molecule has 4 amide bonds. The molecular weight excluding hydrogens is 480 g/mol. The lowest BCUT2D eigenvalue weighted by Crippen LogP contribution is -2.59. The summed E-state index contributed by atoms with van der Waals surface area (Å²) in [6, 6.07) is -5.45. The molecule has 0 spiro atoms. The van der Waals surface area contributed by atoms with Gasteiger partial charge in [-0.1, -0.05) is 34.1 Å². The molecule has 0 aliphatic heterocycles. The first-order valence-electron chi connectivity index (χ1n) is 11.4. The van der Waals surface area contributed by atoms with E-state index >= 15 is 0 Å². The zero-order chi connectivity index (χ0) is 28.2. The molecule has 0 bridgehead atoms. The maximum atomic E-state index is 13.0. The van der Waals surface area contributed by atoms with Crippen LogP contribution in [0, 0.1) is 11.8 Å². The minimum Gasteiger partial charge on any atom is -0.481 e. The molecule has 0 radical (unpaired) electrons. The highest BCUT2D eigenvalue weighted by Gasteiger charge is 2.34. The van der Waals surface area contributed by atoms with Crippen LogP contribution in [-0.2, 0) is 33.6 Å². The predicted octanol–water partition coefficient (Wildman–Crippen LogP) is -0.928. The van der Waals surface area contributed by atoms with Crippen molar-refractivity contribution in [1.29, 1.82) is 0 Å². The molecule has 36 heavy (non-hydrogen) atoms.